The minimum absolute atomic E-state index is 0.234. The summed E-state index contributed by atoms with van der Waals surface area (Å²) in [7, 11) is 0. The van der Waals surface area contributed by atoms with Crippen molar-refractivity contribution >= 4 is 29.2 Å². The second kappa shape index (κ2) is 11.5. The highest BCUT2D eigenvalue weighted by atomic mass is 32.1. The van der Waals surface area contributed by atoms with E-state index in [2.05, 4.69) is 15.1 Å². The van der Waals surface area contributed by atoms with Crippen molar-refractivity contribution in [3.8, 4) is 0 Å². The van der Waals surface area contributed by atoms with E-state index in [0.29, 0.717) is 10.9 Å². The Morgan fingerprint density at radius 1 is 0.905 bits per heavy atom. The molecule has 0 aromatic heterocycles. The lowest BCUT2D eigenvalue weighted by Crippen LogP contribution is -2.89. The zero-order chi connectivity index (χ0) is 15.5. The minimum atomic E-state index is 0.234. The molecule has 2 aliphatic rings. The van der Waals surface area contributed by atoms with E-state index < -0.39 is 0 Å². The molecule has 0 spiro atoms. The van der Waals surface area contributed by atoms with Gasteiger partial charge in [-0.25, -0.2) is 0 Å². The maximum atomic E-state index is 8.69. The third-order valence-electron chi connectivity index (χ3n) is 3.76. The smallest absolute Gasteiger partial charge is 0.0885 e. The number of piperazine rings is 2. The number of aliphatic hydroxyl groups is 2. The van der Waals surface area contributed by atoms with Crippen molar-refractivity contribution in [3.63, 3.8) is 0 Å². The van der Waals surface area contributed by atoms with Crippen LogP contribution in [0.4, 0.5) is 0 Å². The zero-order valence-electron chi connectivity index (χ0n) is 12.6. The van der Waals surface area contributed by atoms with Gasteiger partial charge in [-0.2, -0.15) is 0 Å². The fourth-order valence-corrected chi connectivity index (χ4v) is 2.83. The monoisotopic (exact) mass is 336 g/mol. The lowest BCUT2D eigenvalue weighted by atomic mass is 10.3. The van der Waals surface area contributed by atoms with Crippen LogP contribution in [0, 0.1) is 0 Å². The molecule has 8 heteroatoms. The van der Waals surface area contributed by atoms with Crippen molar-refractivity contribution < 1.29 is 15.5 Å². The summed E-state index contributed by atoms with van der Waals surface area (Å²) in [5.74, 6) is 0. The average molecular weight is 337 g/mol. The molecule has 2 saturated heterocycles. The first-order chi connectivity index (χ1) is 10.2. The van der Waals surface area contributed by atoms with Crippen LogP contribution >= 0.6 is 12.2 Å². The molecule has 0 aromatic rings. The summed E-state index contributed by atoms with van der Waals surface area (Å²) in [6.07, 6.45) is 0. The van der Waals surface area contributed by atoms with E-state index in [4.69, 9.17) is 35.1 Å². The maximum absolute atomic E-state index is 8.69. The number of β-amino-alcohol motifs (C(OH)–C–C–N with tert-alkyl or cyclic N) is 2. The largest absolute Gasteiger partial charge is 0.411 e. The van der Waals surface area contributed by atoms with Gasteiger partial charge in [0.2, 0.25) is 0 Å². The zero-order valence-corrected chi connectivity index (χ0v) is 14.2. The fraction of sp³-hybridized carbons (Fsp3) is 0.923. The molecule has 0 atom stereocenters. The number of aliphatic hydroxyl groups excluding tert-OH is 2. The van der Waals surface area contributed by atoms with E-state index >= 15 is 0 Å². The third-order valence-corrected chi connectivity index (χ3v) is 4.28. The number of thiocarbonyl (C=S) groups is 1. The van der Waals surface area contributed by atoms with Gasteiger partial charge in [0.1, 0.15) is 0 Å². The van der Waals surface area contributed by atoms with E-state index in [1.54, 1.807) is 0 Å². The Hall–Kier alpha value is -0.0900. The van der Waals surface area contributed by atoms with E-state index in [9.17, 15) is 0 Å². The Kier molecular flexibility index (Phi) is 10.4. The van der Waals surface area contributed by atoms with Crippen molar-refractivity contribution in [1.29, 1.82) is 0 Å². The highest BCUT2D eigenvalue weighted by Crippen LogP contribution is 2.01. The van der Waals surface area contributed by atoms with Crippen LogP contribution in [-0.4, -0.2) is 108 Å². The summed E-state index contributed by atoms with van der Waals surface area (Å²) in [5, 5.41) is 19.6. The molecular weight excluding hydrogens is 308 g/mol. The quantitative estimate of drug-likeness (QED) is 0.381. The standard InChI is InChI=1S/C7H14N2OS2.C6H14N2O/c10-6-5-8-1-3-9(4-2-8)7(11)12;9-6-5-8-3-1-7-2-4-8/h10H,1-6H2,(H,11,12);7,9H,1-6H2. The summed E-state index contributed by atoms with van der Waals surface area (Å²) in [5.41, 5.74) is 0. The molecule has 0 aromatic carbocycles. The first-order valence-corrected chi connectivity index (χ1v) is 8.43. The van der Waals surface area contributed by atoms with Crippen LogP contribution in [0.2, 0.25) is 0 Å². The van der Waals surface area contributed by atoms with Crippen LogP contribution in [0.5, 0.6) is 0 Å². The van der Waals surface area contributed by atoms with Gasteiger partial charge in [0, 0.05) is 52.4 Å². The van der Waals surface area contributed by atoms with Crippen molar-refractivity contribution in [1.82, 2.24) is 14.7 Å². The van der Waals surface area contributed by atoms with Crippen molar-refractivity contribution in [2.45, 2.75) is 0 Å². The Morgan fingerprint density at radius 2 is 1.38 bits per heavy atom. The molecule has 6 nitrogen and oxygen atoms in total. The highest BCUT2D eigenvalue weighted by molar-refractivity contribution is 8.00. The summed E-state index contributed by atoms with van der Waals surface area (Å²) in [6, 6.07) is 0. The van der Waals surface area contributed by atoms with Gasteiger partial charge in [-0.05, 0) is 0 Å². The third kappa shape index (κ3) is 8.20. The van der Waals surface area contributed by atoms with Gasteiger partial charge in [0.05, 0.1) is 26.3 Å². The van der Waals surface area contributed by atoms with Crippen LogP contribution < -0.4 is 5.32 Å². The molecule has 4 N–H and O–H groups in total. The van der Waals surface area contributed by atoms with Gasteiger partial charge >= 0.3 is 0 Å². The molecule has 2 fully saturated rings. The lowest BCUT2D eigenvalue weighted by Gasteiger charge is -2.37. The summed E-state index contributed by atoms with van der Waals surface area (Å²) in [4.78, 5) is 6.53. The number of hydrogen-bond acceptors (Lipinski definition) is 6. The molecule has 0 radical (unpaired) electrons. The number of hydrogen-bond donors (Lipinski definition) is 3. The van der Waals surface area contributed by atoms with Gasteiger partial charge in [-0.15, -0.1) is 0 Å². The highest BCUT2D eigenvalue weighted by Gasteiger charge is 2.13. The Bertz CT molecular complexity index is 281. The molecule has 0 unspecified atom stereocenters. The van der Waals surface area contributed by atoms with Crippen LogP contribution in [0.15, 0.2) is 0 Å². The van der Waals surface area contributed by atoms with Gasteiger partial charge in [-0.3, -0.25) is 9.80 Å². The van der Waals surface area contributed by atoms with E-state index in [1.165, 1.54) is 13.1 Å². The van der Waals surface area contributed by atoms with Crippen LogP contribution in [0.25, 0.3) is 0 Å². The normalized spacial score (nSPS) is 20.8. The van der Waals surface area contributed by atoms with Crippen LogP contribution in [0.1, 0.15) is 0 Å². The molecule has 0 aliphatic carbocycles. The molecule has 0 saturated carbocycles. The second-order valence-corrected chi connectivity index (χ2v) is 6.28. The van der Waals surface area contributed by atoms with E-state index in [0.717, 1.165) is 52.4 Å². The Balaban J connectivity index is 0.000000219. The molecule has 2 heterocycles. The summed E-state index contributed by atoms with van der Waals surface area (Å²) in [6.45, 7) is 10.5. The number of rotatable bonds is 4. The number of quaternary nitrogens is 1. The Morgan fingerprint density at radius 3 is 1.81 bits per heavy atom. The van der Waals surface area contributed by atoms with E-state index in [-0.39, 0.29) is 6.61 Å². The lowest BCUT2D eigenvalue weighted by molar-refractivity contribution is -0.663. The second-order valence-electron chi connectivity index (χ2n) is 5.25. The minimum Gasteiger partial charge on any atom is -0.411 e. The molecule has 124 valence electrons. The first kappa shape index (κ1) is 19.0. The van der Waals surface area contributed by atoms with Crippen molar-refractivity contribution in [3.05, 3.63) is 0 Å². The topological polar surface area (TPSA) is 66.8 Å². The molecule has 0 amide bonds. The fourth-order valence-electron chi connectivity index (χ4n) is 2.46. The Labute approximate surface area is 138 Å². The van der Waals surface area contributed by atoms with Crippen LogP contribution in [0.3, 0.4) is 0 Å². The first-order valence-electron chi connectivity index (χ1n) is 7.61. The molecule has 2 aliphatic heterocycles. The molecule has 0 bridgehead atoms. The predicted octanol–water partition coefficient (Wildman–Crippen LogP) is -2.71. The summed E-state index contributed by atoms with van der Waals surface area (Å²) >= 11 is 9.78. The van der Waals surface area contributed by atoms with Gasteiger partial charge < -0.3 is 45.3 Å². The number of nitrogens with two attached hydrogens (primary N) is 1. The maximum Gasteiger partial charge on any atom is 0.0885 e. The molecule has 21 heavy (non-hydrogen) atoms. The van der Waals surface area contributed by atoms with Gasteiger partial charge in [0.25, 0.3) is 0 Å². The van der Waals surface area contributed by atoms with Crippen LogP contribution in [-0.2, 0) is 12.6 Å². The predicted molar refractivity (Wildman–Crippen MR) is 90.2 cm³/mol. The van der Waals surface area contributed by atoms with Gasteiger partial charge in [-0.1, -0.05) is 4.32 Å². The van der Waals surface area contributed by atoms with E-state index in [1.807, 2.05) is 4.90 Å². The van der Waals surface area contributed by atoms with Crippen molar-refractivity contribution in [2.24, 2.45) is 0 Å². The molecule has 2 rings (SSSR count). The SMILES string of the molecule is OCCN1CCN(C(=S)[S-])CC1.OCCN1CC[NH2+]CC1. The summed E-state index contributed by atoms with van der Waals surface area (Å²) < 4.78 is 0.568. The van der Waals surface area contributed by atoms with Crippen molar-refractivity contribution in [2.75, 3.05) is 78.7 Å². The molecular formula is C13H28N4O2S2. The average Bonchev–Trinajstić information content (AvgIpc) is 2.50. The number of nitrogens with zero attached hydrogens (tertiary/aromatic N) is 3. The van der Waals surface area contributed by atoms with Gasteiger partial charge in [0.15, 0.2) is 0 Å².